The van der Waals surface area contributed by atoms with E-state index in [1.807, 2.05) is 0 Å². The number of hydrogen-bond acceptors (Lipinski definition) is 4. The normalized spacial score (nSPS) is 23.2. The molecular formula is C18H22N4. The summed E-state index contributed by atoms with van der Waals surface area (Å²) in [5.74, 6) is 0. The van der Waals surface area contributed by atoms with Crippen molar-refractivity contribution in [3.05, 3.63) is 24.3 Å². The summed E-state index contributed by atoms with van der Waals surface area (Å²) >= 11 is 0. The van der Waals surface area contributed by atoms with E-state index in [0.29, 0.717) is 24.9 Å². The average Bonchev–Trinajstić information content (AvgIpc) is 2.48. The lowest BCUT2D eigenvalue weighted by Gasteiger charge is -2.44. The molecule has 0 spiro atoms. The van der Waals surface area contributed by atoms with Gasteiger partial charge in [0, 0.05) is 49.4 Å². The summed E-state index contributed by atoms with van der Waals surface area (Å²) in [4.78, 5) is 4.81. The molecular weight excluding hydrogens is 272 g/mol. The first kappa shape index (κ1) is 14.7. The molecule has 1 aromatic rings. The van der Waals surface area contributed by atoms with E-state index < -0.39 is 0 Å². The first-order valence-corrected chi connectivity index (χ1v) is 8.20. The van der Waals surface area contributed by atoms with Gasteiger partial charge in [0.2, 0.25) is 0 Å². The molecule has 0 N–H and O–H groups in total. The molecule has 2 aliphatic heterocycles. The van der Waals surface area contributed by atoms with E-state index in [4.69, 9.17) is 10.5 Å². The fourth-order valence-electron chi connectivity index (χ4n) is 3.46. The van der Waals surface area contributed by atoms with Crippen molar-refractivity contribution in [2.75, 3.05) is 22.9 Å². The molecule has 0 amide bonds. The molecule has 4 nitrogen and oxygen atoms in total. The summed E-state index contributed by atoms with van der Waals surface area (Å²) in [6.07, 6.45) is 5.64. The molecule has 0 unspecified atom stereocenters. The Morgan fingerprint density at radius 1 is 0.818 bits per heavy atom. The SMILES string of the molecule is N#CCC[C@H]1CCN1c1ccc(N2CC[C@@H]2CCC#N)cc1. The number of benzene rings is 1. The van der Waals surface area contributed by atoms with Gasteiger partial charge in [-0.3, -0.25) is 0 Å². The molecule has 0 radical (unpaired) electrons. The Hall–Kier alpha value is -2.20. The largest absolute Gasteiger partial charge is 0.368 e. The molecule has 1 aromatic carbocycles. The van der Waals surface area contributed by atoms with Crippen LogP contribution in [0.15, 0.2) is 24.3 Å². The van der Waals surface area contributed by atoms with Crippen LogP contribution in [0.25, 0.3) is 0 Å². The summed E-state index contributed by atoms with van der Waals surface area (Å²) in [5, 5.41) is 17.4. The zero-order chi connectivity index (χ0) is 15.4. The summed E-state index contributed by atoms with van der Waals surface area (Å²) in [5.41, 5.74) is 2.54. The summed E-state index contributed by atoms with van der Waals surface area (Å²) in [7, 11) is 0. The summed E-state index contributed by atoms with van der Waals surface area (Å²) < 4.78 is 0. The Bertz CT molecular complexity index is 528. The molecule has 0 saturated carbocycles. The van der Waals surface area contributed by atoms with E-state index in [-0.39, 0.29) is 0 Å². The molecule has 0 bridgehead atoms. The highest BCUT2D eigenvalue weighted by molar-refractivity contribution is 5.59. The average molecular weight is 294 g/mol. The van der Waals surface area contributed by atoms with Gasteiger partial charge in [0.05, 0.1) is 12.1 Å². The monoisotopic (exact) mass is 294 g/mol. The zero-order valence-corrected chi connectivity index (χ0v) is 12.9. The first-order valence-electron chi connectivity index (χ1n) is 8.20. The lowest BCUT2D eigenvalue weighted by atomic mass is 9.95. The maximum absolute atomic E-state index is 8.71. The van der Waals surface area contributed by atoms with E-state index in [0.717, 1.165) is 25.9 Å². The minimum absolute atomic E-state index is 0.540. The van der Waals surface area contributed by atoms with Crippen LogP contribution in [-0.4, -0.2) is 25.2 Å². The van der Waals surface area contributed by atoms with E-state index in [1.165, 1.54) is 24.2 Å². The van der Waals surface area contributed by atoms with Gasteiger partial charge in [-0.25, -0.2) is 0 Å². The number of anilines is 2. The molecule has 0 aliphatic carbocycles. The molecule has 3 rings (SSSR count). The standard InChI is InChI=1S/C18H22N4/c19-11-1-3-15-9-13-21(15)17-5-7-18(8-6-17)22-14-10-16(22)4-2-12-20/h5-8,15-16H,1-4,9-10,13-14H2/t15-,16-/m0/s1. The minimum Gasteiger partial charge on any atom is -0.368 e. The van der Waals surface area contributed by atoms with Crippen LogP contribution >= 0.6 is 0 Å². The fourth-order valence-corrected chi connectivity index (χ4v) is 3.46. The summed E-state index contributed by atoms with van der Waals surface area (Å²) in [6.45, 7) is 2.20. The maximum Gasteiger partial charge on any atom is 0.0622 e. The molecule has 2 aliphatic rings. The van der Waals surface area contributed by atoms with Crippen molar-refractivity contribution in [3.63, 3.8) is 0 Å². The lowest BCUT2D eigenvalue weighted by Crippen LogP contribution is -2.48. The van der Waals surface area contributed by atoms with Crippen molar-refractivity contribution in [1.29, 1.82) is 10.5 Å². The van der Waals surface area contributed by atoms with Crippen molar-refractivity contribution in [2.24, 2.45) is 0 Å². The Balaban J connectivity index is 1.59. The second kappa shape index (κ2) is 6.71. The smallest absolute Gasteiger partial charge is 0.0622 e. The van der Waals surface area contributed by atoms with Gasteiger partial charge in [0.15, 0.2) is 0 Å². The van der Waals surface area contributed by atoms with Gasteiger partial charge in [-0.1, -0.05) is 0 Å². The third kappa shape index (κ3) is 2.88. The van der Waals surface area contributed by atoms with Crippen molar-refractivity contribution < 1.29 is 0 Å². The minimum atomic E-state index is 0.540. The quantitative estimate of drug-likeness (QED) is 0.806. The highest BCUT2D eigenvalue weighted by Crippen LogP contribution is 2.33. The van der Waals surface area contributed by atoms with E-state index in [1.54, 1.807) is 0 Å². The molecule has 114 valence electrons. The third-order valence-electron chi connectivity index (χ3n) is 4.98. The van der Waals surface area contributed by atoms with Crippen LogP contribution in [0.3, 0.4) is 0 Å². The van der Waals surface area contributed by atoms with Crippen LogP contribution in [0.5, 0.6) is 0 Å². The number of hydrogen-bond donors (Lipinski definition) is 0. The van der Waals surface area contributed by atoms with Crippen LogP contribution in [-0.2, 0) is 0 Å². The van der Waals surface area contributed by atoms with Gasteiger partial charge in [0.25, 0.3) is 0 Å². The predicted molar refractivity (Wildman–Crippen MR) is 87.6 cm³/mol. The molecule has 22 heavy (non-hydrogen) atoms. The maximum atomic E-state index is 8.71. The van der Waals surface area contributed by atoms with Crippen LogP contribution in [0.1, 0.15) is 38.5 Å². The number of rotatable bonds is 6. The molecule has 2 saturated heterocycles. The van der Waals surface area contributed by atoms with Crippen molar-refractivity contribution in [2.45, 2.75) is 50.6 Å². The number of nitriles is 2. The Kier molecular flexibility index (Phi) is 4.49. The Labute approximate surface area is 132 Å². The van der Waals surface area contributed by atoms with Crippen molar-refractivity contribution >= 4 is 11.4 Å². The Morgan fingerprint density at radius 3 is 1.50 bits per heavy atom. The van der Waals surface area contributed by atoms with Crippen LogP contribution < -0.4 is 9.80 Å². The zero-order valence-electron chi connectivity index (χ0n) is 12.9. The first-order chi connectivity index (χ1) is 10.8. The highest BCUT2D eigenvalue weighted by Gasteiger charge is 2.29. The van der Waals surface area contributed by atoms with Crippen molar-refractivity contribution in [3.8, 4) is 12.1 Å². The van der Waals surface area contributed by atoms with E-state index in [2.05, 4.69) is 46.2 Å². The van der Waals surface area contributed by atoms with Crippen LogP contribution in [0.2, 0.25) is 0 Å². The molecule has 2 heterocycles. The number of nitrogens with zero attached hydrogens (tertiary/aromatic N) is 4. The topological polar surface area (TPSA) is 54.1 Å². The second-order valence-corrected chi connectivity index (χ2v) is 6.18. The lowest BCUT2D eigenvalue weighted by molar-refractivity contribution is 0.424. The van der Waals surface area contributed by atoms with E-state index in [9.17, 15) is 0 Å². The van der Waals surface area contributed by atoms with Crippen LogP contribution in [0.4, 0.5) is 11.4 Å². The summed E-state index contributed by atoms with van der Waals surface area (Å²) in [6, 6.07) is 14.4. The van der Waals surface area contributed by atoms with Gasteiger partial charge in [-0.15, -0.1) is 0 Å². The van der Waals surface area contributed by atoms with Crippen molar-refractivity contribution in [1.82, 2.24) is 0 Å². The van der Waals surface area contributed by atoms with E-state index >= 15 is 0 Å². The van der Waals surface area contributed by atoms with Gasteiger partial charge >= 0.3 is 0 Å². The van der Waals surface area contributed by atoms with Gasteiger partial charge in [-0.2, -0.15) is 10.5 Å². The predicted octanol–water partition coefficient (Wildman–Crippen LogP) is 3.45. The fraction of sp³-hybridized carbons (Fsp3) is 0.556. The van der Waals surface area contributed by atoms with Gasteiger partial charge < -0.3 is 9.80 Å². The highest BCUT2D eigenvalue weighted by atomic mass is 15.2. The van der Waals surface area contributed by atoms with Gasteiger partial charge in [-0.05, 0) is 49.9 Å². The second-order valence-electron chi connectivity index (χ2n) is 6.18. The van der Waals surface area contributed by atoms with Crippen LogP contribution in [0, 0.1) is 22.7 Å². The molecule has 0 aromatic heterocycles. The molecule has 4 heteroatoms. The Morgan fingerprint density at radius 2 is 1.23 bits per heavy atom. The molecule has 2 fully saturated rings. The van der Waals surface area contributed by atoms with Gasteiger partial charge in [0.1, 0.15) is 0 Å². The third-order valence-corrected chi connectivity index (χ3v) is 4.98. The molecule has 2 atom stereocenters.